The van der Waals surface area contributed by atoms with Crippen molar-refractivity contribution in [3.8, 4) is 0 Å². The predicted octanol–water partition coefficient (Wildman–Crippen LogP) is 8.96. The average molecular weight is 767 g/mol. The zero-order chi connectivity index (χ0) is 39.2. The van der Waals surface area contributed by atoms with Gasteiger partial charge in [-0.25, -0.2) is 0 Å². The second-order valence-corrected chi connectivity index (χ2v) is 28.4. The van der Waals surface area contributed by atoms with Gasteiger partial charge in [-0.1, -0.05) is 61.6 Å². The topological polar surface area (TPSA) is 98.8 Å². The van der Waals surface area contributed by atoms with Crippen LogP contribution in [0, 0.1) is 11.8 Å². The SMILES string of the molecule is C=C1CC(CCC=O)OC1CCC1CC(C)C(=C)[C@@H](C[C@@H]2O[C@H](CC(CO[Si](C)(C)C(C)(C)C)O[Si](C)(C)C(C)(C)C)[C@H](OC)C2CC(=O)OC)O1. The Balaban J connectivity index is 1.80. The van der Waals surface area contributed by atoms with E-state index in [9.17, 15) is 9.59 Å². The van der Waals surface area contributed by atoms with Crippen LogP contribution in [-0.4, -0.2) is 98.5 Å². The molecule has 10 atom stereocenters. The first-order chi connectivity index (χ1) is 24.0. The van der Waals surface area contributed by atoms with Crippen LogP contribution in [-0.2, 0) is 42.1 Å². The van der Waals surface area contributed by atoms with Crippen molar-refractivity contribution < 1.29 is 42.1 Å². The van der Waals surface area contributed by atoms with E-state index in [2.05, 4.69) is 87.8 Å². The van der Waals surface area contributed by atoms with E-state index in [0.29, 0.717) is 25.9 Å². The van der Waals surface area contributed by atoms with Gasteiger partial charge in [-0.05, 0) is 85.4 Å². The van der Waals surface area contributed by atoms with E-state index in [1.807, 2.05) is 0 Å². The molecular formula is C41H74O9Si2. The van der Waals surface area contributed by atoms with Crippen LogP contribution in [0.25, 0.3) is 0 Å². The summed E-state index contributed by atoms with van der Waals surface area (Å²) in [4.78, 5) is 23.7. The molecular weight excluding hydrogens is 693 g/mol. The second-order valence-electron chi connectivity index (χ2n) is 18.8. The third-order valence-electron chi connectivity index (χ3n) is 12.8. The molecule has 11 heteroatoms. The summed E-state index contributed by atoms with van der Waals surface area (Å²) >= 11 is 0. The highest BCUT2D eigenvalue weighted by atomic mass is 28.4. The maximum absolute atomic E-state index is 12.8. The van der Waals surface area contributed by atoms with Crippen LogP contribution in [0.3, 0.4) is 0 Å². The molecule has 0 aromatic heterocycles. The number of esters is 1. The number of hydrogen-bond acceptors (Lipinski definition) is 9. The van der Waals surface area contributed by atoms with Crippen molar-refractivity contribution in [3.05, 3.63) is 24.3 Å². The van der Waals surface area contributed by atoms with E-state index in [-0.39, 0.29) is 83.1 Å². The predicted molar refractivity (Wildman–Crippen MR) is 213 cm³/mol. The lowest BCUT2D eigenvalue weighted by Gasteiger charge is -2.42. The van der Waals surface area contributed by atoms with Crippen LogP contribution < -0.4 is 0 Å². The Hall–Kier alpha value is -1.19. The third-order valence-corrected chi connectivity index (χ3v) is 21.9. The molecule has 52 heavy (non-hydrogen) atoms. The third kappa shape index (κ3) is 11.9. The standard InChI is InChI=1S/C41H74O9Si2/c1-27-21-31(18-19-34-28(2)22-30(47-34)17-16-20-42)48-35(29(27)3)25-36-33(24-38(43)44-10)39(45-11)37(49-36)23-32(50-52(14,15)41(7,8)9)26-46-51(12,13)40(4,5)6/h20,27,30-37,39H,2-3,16-19,21-26H2,1,4-15H3/t27?,30?,31?,32?,33?,34?,35-,36+,37-,39-/m1/s1. The lowest BCUT2D eigenvalue weighted by molar-refractivity contribution is -0.143. The zero-order valence-electron chi connectivity index (χ0n) is 35.0. The molecule has 3 fully saturated rings. The summed E-state index contributed by atoms with van der Waals surface area (Å²) in [6, 6.07) is 0. The minimum atomic E-state index is -2.17. The van der Waals surface area contributed by atoms with Gasteiger partial charge in [0.2, 0.25) is 0 Å². The Morgan fingerprint density at radius 3 is 2.12 bits per heavy atom. The van der Waals surface area contributed by atoms with Gasteiger partial charge in [0.25, 0.3) is 0 Å². The molecule has 0 bridgehead atoms. The fraction of sp³-hybridized carbons (Fsp3) is 0.854. The molecule has 0 saturated carbocycles. The van der Waals surface area contributed by atoms with Crippen molar-refractivity contribution in [2.45, 2.75) is 191 Å². The van der Waals surface area contributed by atoms with Crippen molar-refractivity contribution >= 4 is 28.9 Å². The Labute approximate surface area is 318 Å². The fourth-order valence-corrected chi connectivity index (χ4v) is 9.74. The highest BCUT2D eigenvalue weighted by Crippen LogP contribution is 2.44. The fourth-order valence-electron chi connectivity index (χ4n) is 7.36. The van der Waals surface area contributed by atoms with Crippen molar-refractivity contribution in [3.63, 3.8) is 0 Å². The summed E-state index contributed by atoms with van der Waals surface area (Å²) in [5.74, 6) is -0.224. The van der Waals surface area contributed by atoms with Gasteiger partial charge in [-0.15, -0.1) is 0 Å². The summed E-state index contributed by atoms with van der Waals surface area (Å²) in [5, 5.41) is 0.0929. The maximum Gasteiger partial charge on any atom is 0.305 e. The van der Waals surface area contributed by atoms with Crippen molar-refractivity contribution in [2.24, 2.45) is 11.8 Å². The highest BCUT2D eigenvalue weighted by molar-refractivity contribution is 6.74. The number of rotatable bonds is 18. The molecule has 3 aliphatic rings. The average Bonchev–Trinajstić information content (AvgIpc) is 3.56. The molecule has 3 aliphatic heterocycles. The summed E-state index contributed by atoms with van der Waals surface area (Å²) in [6.07, 6.45) is 5.72. The lowest BCUT2D eigenvalue weighted by Crippen LogP contribution is -2.49. The van der Waals surface area contributed by atoms with Crippen LogP contribution in [0.5, 0.6) is 0 Å². The Morgan fingerprint density at radius 1 is 0.904 bits per heavy atom. The van der Waals surface area contributed by atoms with Crippen LogP contribution in [0.4, 0.5) is 0 Å². The molecule has 9 nitrogen and oxygen atoms in total. The Kier molecular flexibility index (Phi) is 16.2. The Morgan fingerprint density at radius 2 is 1.54 bits per heavy atom. The molecule has 6 unspecified atom stereocenters. The molecule has 3 saturated heterocycles. The molecule has 0 N–H and O–H groups in total. The summed E-state index contributed by atoms with van der Waals surface area (Å²) in [6.45, 7) is 34.1. The number of carbonyl (C=O) groups is 2. The minimum absolute atomic E-state index is 0.00735. The molecule has 0 aromatic rings. The van der Waals surface area contributed by atoms with E-state index < -0.39 is 16.6 Å². The van der Waals surface area contributed by atoms with E-state index in [4.69, 9.17) is 32.5 Å². The molecule has 0 spiro atoms. The first-order valence-corrected chi connectivity index (χ1v) is 25.5. The second kappa shape index (κ2) is 18.6. The summed E-state index contributed by atoms with van der Waals surface area (Å²) in [7, 11) is -1.08. The van der Waals surface area contributed by atoms with Gasteiger partial charge in [0.15, 0.2) is 16.6 Å². The molecule has 3 rings (SSSR count). The number of aldehydes is 1. The highest BCUT2D eigenvalue weighted by Gasteiger charge is 2.50. The van der Waals surface area contributed by atoms with E-state index in [0.717, 1.165) is 49.5 Å². The normalized spacial score (nSPS) is 31.2. The first kappa shape index (κ1) is 45.2. The molecule has 3 heterocycles. The zero-order valence-corrected chi connectivity index (χ0v) is 37.0. The monoisotopic (exact) mass is 766 g/mol. The van der Waals surface area contributed by atoms with Crippen LogP contribution in [0.15, 0.2) is 24.3 Å². The van der Waals surface area contributed by atoms with Crippen LogP contribution in [0.2, 0.25) is 36.3 Å². The van der Waals surface area contributed by atoms with Gasteiger partial charge in [-0.2, -0.15) is 0 Å². The van der Waals surface area contributed by atoms with Crippen molar-refractivity contribution in [1.82, 2.24) is 0 Å². The number of ether oxygens (including phenoxy) is 5. The van der Waals surface area contributed by atoms with E-state index in [1.54, 1.807) is 7.11 Å². The van der Waals surface area contributed by atoms with Crippen molar-refractivity contribution in [1.29, 1.82) is 0 Å². The van der Waals surface area contributed by atoms with Gasteiger partial charge in [0, 0.05) is 32.3 Å². The molecule has 300 valence electrons. The van der Waals surface area contributed by atoms with Gasteiger partial charge in [0.1, 0.15) is 6.29 Å². The molecule has 0 radical (unpaired) electrons. The van der Waals surface area contributed by atoms with Gasteiger partial charge < -0.3 is 37.3 Å². The maximum atomic E-state index is 12.8. The molecule has 0 aromatic carbocycles. The van der Waals surface area contributed by atoms with Gasteiger partial charge in [0.05, 0.1) is 69.0 Å². The van der Waals surface area contributed by atoms with Gasteiger partial charge in [-0.3, -0.25) is 4.79 Å². The smallest absolute Gasteiger partial charge is 0.305 e. The van der Waals surface area contributed by atoms with E-state index in [1.165, 1.54) is 7.11 Å². The van der Waals surface area contributed by atoms with Crippen LogP contribution in [0.1, 0.15) is 106 Å². The van der Waals surface area contributed by atoms with Crippen molar-refractivity contribution in [2.75, 3.05) is 20.8 Å². The number of carbonyl (C=O) groups excluding carboxylic acids is 2. The van der Waals surface area contributed by atoms with Crippen LogP contribution >= 0.6 is 0 Å². The summed E-state index contributed by atoms with van der Waals surface area (Å²) in [5.41, 5.74) is 2.17. The quantitative estimate of drug-likeness (QED) is 0.0586. The minimum Gasteiger partial charge on any atom is -0.469 e. The first-order valence-electron chi connectivity index (χ1n) is 19.7. The van der Waals surface area contributed by atoms with E-state index >= 15 is 0 Å². The Bertz CT molecular complexity index is 1210. The number of methoxy groups -OCH3 is 2. The number of hydrogen-bond donors (Lipinski definition) is 0. The largest absolute Gasteiger partial charge is 0.469 e. The van der Waals surface area contributed by atoms with Gasteiger partial charge >= 0.3 is 5.97 Å². The summed E-state index contributed by atoms with van der Waals surface area (Å²) < 4.78 is 45.2. The molecule has 0 amide bonds. The molecule has 0 aliphatic carbocycles. The lowest BCUT2D eigenvalue weighted by atomic mass is 9.82.